The van der Waals surface area contributed by atoms with E-state index in [4.69, 9.17) is 9.72 Å². The molecule has 0 aliphatic rings. The number of carbonyl (C=O) groups excluding carboxylic acids is 1. The number of fused-ring (bicyclic) bond motifs is 1. The lowest BCUT2D eigenvalue weighted by Gasteiger charge is -2.15. The second-order valence-corrected chi connectivity index (χ2v) is 10.8. The van der Waals surface area contributed by atoms with Crippen LogP contribution in [-0.4, -0.2) is 28.6 Å². The summed E-state index contributed by atoms with van der Waals surface area (Å²) in [6.45, 7) is 10.9. The molecule has 1 aromatic heterocycles. The number of rotatable bonds is 14. The van der Waals surface area contributed by atoms with E-state index in [1.54, 1.807) is 0 Å². The maximum Gasteiger partial charge on any atom is 0.251 e. The zero-order chi connectivity index (χ0) is 27.6. The molecule has 0 aliphatic heterocycles. The Morgan fingerprint density at radius 3 is 2.54 bits per heavy atom. The van der Waals surface area contributed by atoms with E-state index in [1.165, 1.54) is 16.6 Å². The third-order valence-corrected chi connectivity index (χ3v) is 7.31. The quantitative estimate of drug-likeness (QED) is 0.171. The predicted octanol–water partition coefficient (Wildman–Crippen LogP) is 7.78. The average molecular weight is 526 g/mol. The zero-order valence-electron chi connectivity index (χ0n) is 24.0. The summed E-state index contributed by atoms with van der Waals surface area (Å²) >= 11 is 0. The summed E-state index contributed by atoms with van der Waals surface area (Å²) in [5, 5.41) is 3.06. The van der Waals surface area contributed by atoms with Crippen LogP contribution >= 0.6 is 0 Å². The Morgan fingerprint density at radius 1 is 0.923 bits per heavy atom. The smallest absolute Gasteiger partial charge is 0.251 e. The second-order valence-electron chi connectivity index (χ2n) is 10.8. The molecule has 0 bridgehead atoms. The van der Waals surface area contributed by atoms with Crippen molar-refractivity contribution < 1.29 is 9.53 Å². The lowest BCUT2D eigenvalue weighted by molar-refractivity contribution is 0.0952. The van der Waals surface area contributed by atoms with Gasteiger partial charge >= 0.3 is 0 Å². The number of imidazole rings is 1. The summed E-state index contributed by atoms with van der Waals surface area (Å²) in [6.07, 6.45) is 6.06. The summed E-state index contributed by atoms with van der Waals surface area (Å²) in [7, 11) is 0. The van der Waals surface area contributed by atoms with Gasteiger partial charge in [-0.2, -0.15) is 0 Å². The molecule has 1 heterocycles. The average Bonchev–Trinajstić information content (AvgIpc) is 3.27. The highest BCUT2D eigenvalue weighted by Crippen LogP contribution is 2.28. The van der Waals surface area contributed by atoms with E-state index in [0.717, 1.165) is 79.9 Å². The maximum atomic E-state index is 12.4. The molecule has 5 nitrogen and oxygen atoms in total. The highest BCUT2D eigenvalue weighted by Gasteiger charge is 2.12. The van der Waals surface area contributed by atoms with Crippen LogP contribution in [-0.2, 0) is 13.0 Å². The number of nitrogens with zero attached hydrogens (tertiary/aromatic N) is 2. The third kappa shape index (κ3) is 7.72. The molecule has 5 heteroatoms. The Labute approximate surface area is 233 Å². The first-order valence-corrected chi connectivity index (χ1v) is 14.5. The van der Waals surface area contributed by atoms with E-state index in [9.17, 15) is 4.79 Å². The molecular formula is C34H43N3O2. The summed E-state index contributed by atoms with van der Waals surface area (Å²) in [4.78, 5) is 17.4. The summed E-state index contributed by atoms with van der Waals surface area (Å²) < 4.78 is 8.61. The van der Waals surface area contributed by atoms with Gasteiger partial charge < -0.3 is 14.6 Å². The Bertz CT molecular complexity index is 1370. The van der Waals surface area contributed by atoms with Crippen molar-refractivity contribution >= 4 is 16.9 Å². The van der Waals surface area contributed by atoms with Crippen LogP contribution in [0.25, 0.3) is 11.0 Å². The van der Waals surface area contributed by atoms with Crippen molar-refractivity contribution in [2.45, 2.75) is 78.7 Å². The Kier molecular flexibility index (Phi) is 10.2. The van der Waals surface area contributed by atoms with Crippen LogP contribution in [0.4, 0.5) is 0 Å². The van der Waals surface area contributed by atoms with Gasteiger partial charge in [0, 0.05) is 25.1 Å². The van der Waals surface area contributed by atoms with Crippen LogP contribution in [0, 0.1) is 13.8 Å². The van der Waals surface area contributed by atoms with Crippen LogP contribution in [0.2, 0.25) is 0 Å². The van der Waals surface area contributed by atoms with Crippen molar-refractivity contribution in [2.24, 2.45) is 0 Å². The highest BCUT2D eigenvalue weighted by atomic mass is 16.5. The van der Waals surface area contributed by atoms with Crippen molar-refractivity contribution in [1.29, 1.82) is 0 Å². The minimum Gasteiger partial charge on any atom is -0.493 e. The molecule has 3 aromatic carbocycles. The van der Waals surface area contributed by atoms with E-state index in [-0.39, 0.29) is 5.91 Å². The second kappa shape index (κ2) is 14.0. The van der Waals surface area contributed by atoms with E-state index in [2.05, 4.69) is 73.1 Å². The monoisotopic (exact) mass is 525 g/mol. The summed E-state index contributed by atoms with van der Waals surface area (Å²) in [5.74, 6) is 2.64. The van der Waals surface area contributed by atoms with E-state index < -0.39 is 0 Å². The zero-order valence-corrected chi connectivity index (χ0v) is 24.0. The summed E-state index contributed by atoms with van der Waals surface area (Å²) in [6, 6.07) is 22.7. The minimum atomic E-state index is 0.0155. The molecule has 39 heavy (non-hydrogen) atoms. The van der Waals surface area contributed by atoms with Gasteiger partial charge in [0.25, 0.3) is 5.91 Å². The van der Waals surface area contributed by atoms with Gasteiger partial charge in [-0.15, -0.1) is 0 Å². The van der Waals surface area contributed by atoms with Gasteiger partial charge in [0.15, 0.2) is 0 Å². The largest absolute Gasteiger partial charge is 0.493 e. The van der Waals surface area contributed by atoms with Gasteiger partial charge in [-0.1, -0.05) is 62.7 Å². The Hall–Kier alpha value is -3.60. The van der Waals surface area contributed by atoms with E-state index in [1.807, 2.05) is 31.2 Å². The molecule has 1 N–H and O–H groups in total. The minimum absolute atomic E-state index is 0.0155. The Balaban J connectivity index is 1.25. The first-order chi connectivity index (χ1) is 18.9. The molecule has 4 aromatic rings. The molecule has 0 atom stereocenters. The first-order valence-electron chi connectivity index (χ1n) is 14.5. The number of hydrogen-bond donors (Lipinski definition) is 1. The number of ether oxygens (including phenoxy) is 1. The molecule has 0 fully saturated rings. The van der Waals surface area contributed by atoms with Crippen LogP contribution in [0.3, 0.4) is 0 Å². The molecule has 0 saturated heterocycles. The fourth-order valence-corrected chi connectivity index (χ4v) is 5.07. The number of unbranched alkanes of at least 4 members (excludes halogenated alkanes) is 3. The normalized spacial score (nSPS) is 11.3. The summed E-state index contributed by atoms with van der Waals surface area (Å²) in [5.41, 5.74) is 6.55. The molecule has 0 aliphatic carbocycles. The molecule has 0 unspecified atom stereocenters. The van der Waals surface area contributed by atoms with Gasteiger partial charge in [-0.3, -0.25) is 4.79 Å². The fourth-order valence-electron chi connectivity index (χ4n) is 5.07. The van der Waals surface area contributed by atoms with Gasteiger partial charge in [0.1, 0.15) is 11.6 Å². The number of aryl methyl sites for hydroxylation is 4. The lowest BCUT2D eigenvalue weighted by atomic mass is 10.0. The molecule has 4 rings (SSSR count). The van der Waals surface area contributed by atoms with Gasteiger partial charge in [-0.05, 0) is 86.4 Å². The number of nitrogens with one attached hydrogen (secondary N) is 1. The number of carbonyl (C=O) groups is 1. The van der Waals surface area contributed by atoms with Crippen molar-refractivity contribution in [3.63, 3.8) is 0 Å². The SMILES string of the molecule is Cc1ccc(C(C)C)c(OCCCCn2c(CCCCCNC(=O)c3ccccc3C)nc3ccccc32)c1. The van der Waals surface area contributed by atoms with Gasteiger partial charge in [0.05, 0.1) is 17.6 Å². The van der Waals surface area contributed by atoms with E-state index in [0.29, 0.717) is 12.5 Å². The van der Waals surface area contributed by atoms with Crippen LogP contribution in [0.1, 0.15) is 84.7 Å². The Morgan fingerprint density at radius 2 is 1.72 bits per heavy atom. The molecule has 0 radical (unpaired) electrons. The molecular weight excluding hydrogens is 482 g/mol. The number of aromatic nitrogens is 2. The van der Waals surface area contributed by atoms with E-state index >= 15 is 0 Å². The van der Waals surface area contributed by atoms with Crippen LogP contribution in [0.5, 0.6) is 5.75 Å². The predicted molar refractivity (Wildman–Crippen MR) is 161 cm³/mol. The number of para-hydroxylation sites is 2. The van der Waals surface area contributed by atoms with Crippen LogP contribution in [0.15, 0.2) is 66.7 Å². The number of benzene rings is 3. The van der Waals surface area contributed by atoms with Crippen LogP contribution < -0.4 is 10.1 Å². The third-order valence-electron chi connectivity index (χ3n) is 7.31. The molecule has 206 valence electrons. The van der Waals surface area contributed by atoms with Crippen molar-refractivity contribution in [2.75, 3.05) is 13.2 Å². The van der Waals surface area contributed by atoms with Crippen molar-refractivity contribution in [3.8, 4) is 5.75 Å². The van der Waals surface area contributed by atoms with Gasteiger partial charge in [-0.25, -0.2) is 4.98 Å². The molecule has 0 saturated carbocycles. The molecule has 1 amide bonds. The number of hydrogen-bond acceptors (Lipinski definition) is 3. The lowest BCUT2D eigenvalue weighted by Crippen LogP contribution is -2.25. The highest BCUT2D eigenvalue weighted by molar-refractivity contribution is 5.95. The van der Waals surface area contributed by atoms with Crippen molar-refractivity contribution in [3.05, 3.63) is 94.8 Å². The standard InChI is InChI=1S/C34H43N3O2/c1-25(2)28-20-19-26(3)24-32(28)39-23-13-12-22-37-31-17-10-9-16-30(31)36-33(37)18-6-5-11-21-35-34(38)29-15-8-7-14-27(29)4/h7-10,14-17,19-20,24-25H,5-6,11-13,18,21-23H2,1-4H3,(H,35,38). The number of amides is 1. The van der Waals surface area contributed by atoms with Gasteiger partial charge in [0.2, 0.25) is 0 Å². The molecule has 0 spiro atoms. The topological polar surface area (TPSA) is 56.1 Å². The maximum absolute atomic E-state index is 12.4. The van der Waals surface area contributed by atoms with Crippen molar-refractivity contribution in [1.82, 2.24) is 14.9 Å². The first kappa shape index (κ1) is 28.4. The fraction of sp³-hybridized carbons (Fsp3) is 0.412.